The van der Waals surface area contributed by atoms with Gasteiger partial charge in [-0.15, -0.1) is 5.10 Å². The summed E-state index contributed by atoms with van der Waals surface area (Å²) in [5, 5.41) is 20.3. The van der Waals surface area contributed by atoms with Crippen LogP contribution >= 0.6 is 0 Å². The summed E-state index contributed by atoms with van der Waals surface area (Å²) in [6.45, 7) is 6.31. The van der Waals surface area contributed by atoms with Crippen LogP contribution in [0.1, 0.15) is 18.3 Å². The molecule has 9 nitrogen and oxygen atoms in total. The van der Waals surface area contributed by atoms with Crippen molar-refractivity contribution in [3.63, 3.8) is 0 Å². The van der Waals surface area contributed by atoms with Crippen LogP contribution in [0.25, 0.3) is 5.69 Å². The second-order valence-electron chi connectivity index (χ2n) is 5.36. The molecule has 0 aliphatic rings. The molecule has 0 atom stereocenters. The first kappa shape index (κ1) is 16.6. The van der Waals surface area contributed by atoms with Crippen molar-refractivity contribution < 1.29 is 9.18 Å². The fourth-order valence-corrected chi connectivity index (χ4v) is 2.48. The van der Waals surface area contributed by atoms with Gasteiger partial charge in [0.05, 0.1) is 28.5 Å². The van der Waals surface area contributed by atoms with Crippen molar-refractivity contribution in [1.82, 2.24) is 30.0 Å². The Labute approximate surface area is 142 Å². The van der Waals surface area contributed by atoms with E-state index in [0.717, 1.165) is 5.69 Å². The van der Waals surface area contributed by atoms with E-state index < -0.39 is 11.8 Å². The zero-order chi connectivity index (χ0) is 18.0. The molecule has 130 valence electrons. The van der Waals surface area contributed by atoms with Crippen LogP contribution in [0.2, 0.25) is 0 Å². The number of aryl methyl sites for hydroxylation is 2. The third kappa shape index (κ3) is 3.32. The number of hydrogen-bond donors (Lipinski definition) is 2. The number of halogens is 1. The smallest absolute Gasteiger partial charge is 0.305 e. The Morgan fingerprint density at radius 3 is 2.72 bits per heavy atom. The summed E-state index contributed by atoms with van der Waals surface area (Å²) < 4.78 is 17.2. The summed E-state index contributed by atoms with van der Waals surface area (Å²) in [7, 11) is 0. The highest BCUT2D eigenvalue weighted by Crippen LogP contribution is 2.21. The number of tetrazole rings is 1. The lowest BCUT2D eigenvalue weighted by Gasteiger charge is -2.10. The highest BCUT2D eigenvalue weighted by molar-refractivity contribution is 6.00. The molecule has 2 amide bonds. The van der Waals surface area contributed by atoms with Crippen LogP contribution in [0, 0.1) is 19.7 Å². The minimum absolute atomic E-state index is 0.0173. The largest absolute Gasteiger partial charge is 0.323 e. The average Bonchev–Trinajstić information content (AvgIpc) is 3.21. The van der Waals surface area contributed by atoms with E-state index in [1.165, 1.54) is 29.2 Å². The molecule has 2 aromatic heterocycles. The zero-order valence-electron chi connectivity index (χ0n) is 14.0. The summed E-state index contributed by atoms with van der Waals surface area (Å²) in [6.07, 6.45) is 1.38. The van der Waals surface area contributed by atoms with E-state index in [2.05, 4.69) is 31.3 Å². The SMILES string of the molecule is CCn1nc(C)c(NC(=O)Nc2cc(-n3cnnn3)ccc2F)c1C. The summed E-state index contributed by atoms with van der Waals surface area (Å²) >= 11 is 0. The maximum Gasteiger partial charge on any atom is 0.323 e. The molecular formula is C15H17FN8O. The molecule has 0 bridgehead atoms. The zero-order valence-corrected chi connectivity index (χ0v) is 14.0. The topological polar surface area (TPSA) is 103 Å². The predicted octanol–water partition coefficient (Wildman–Crippen LogP) is 2.28. The molecule has 2 heterocycles. The Bertz CT molecular complexity index is 903. The normalized spacial score (nSPS) is 10.7. The number of hydrogen-bond acceptors (Lipinski definition) is 5. The Morgan fingerprint density at radius 2 is 2.08 bits per heavy atom. The van der Waals surface area contributed by atoms with Crippen LogP contribution in [-0.2, 0) is 6.54 Å². The van der Waals surface area contributed by atoms with Crippen molar-refractivity contribution in [2.24, 2.45) is 0 Å². The lowest BCUT2D eigenvalue weighted by atomic mass is 10.2. The van der Waals surface area contributed by atoms with Crippen molar-refractivity contribution in [2.75, 3.05) is 10.6 Å². The number of carbonyl (C=O) groups excluding carboxylic acids is 1. The van der Waals surface area contributed by atoms with Gasteiger partial charge in [0.2, 0.25) is 0 Å². The van der Waals surface area contributed by atoms with Gasteiger partial charge >= 0.3 is 6.03 Å². The van der Waals surface area contributed by atoms with Gasteiger partial charge < -0.3 is 10.6 Å². The summed E-state index contributed by atoms with van der Waals surface area (Å²) in [5.74, 6) is -0.565. The fourth-order valence-electron chi connectivity index (χ4n) is 2.48. The van der Waals surface area contributed by atoms with Gasteiger partial charge in [-0.05, 0) is 49.4 Å². The number of anilines is 2. The molecule has 3 rings (SSSR count). The van der Waals surface area contributed by atoms with Crippen LogP contribution in [0.4, 0.5) is 20.6 Å². The predicted molar refractivity (Wildman–Crippen MR) is 89.1 cm³/mol. The molecule has 0 radical (unpaired) electrons. The molecule has 0 spiro atoms. The number of carbonyl (C=O) groups is 1. The molecule has 0 saturated carbocycles. The average molecular weight is 344 g/mol. The minimum atomic E-state index is -0.565. The number of amides is 2. The number of nitrogens with one attached hydrogen (secondary N) is 2. The minimum Gasteiger partial charge on any atom is -0.305 e. The number of rotatable bonds is 4. The molecule has 10 heteroatoms. The van der Waals surface area contributed by atoms with Gasteiger partial charge in [-0.1, -0.05) is 0 Å². The highest BCUT2D eigenvalue weighted by atomic mass is 19.1. The monoisotopic (exact) mass is 344 g/mol. The fraction of sp³-hybridized carbons (Fsp3) is 0.267. The van der Waals surface area contributed by atoms with Gasteiger partial charge in [0.25, 0.3) is 0 Å². The quantitative estimate of drug-likeness (QED) is 0.756. The van der Waals surface area contributed by atoms with E-state index in [1.807, 2.05) is 13.8 Å². The van der Waals surface area contributed by atoms with Gasteiger partial charge in [0.15, 0.2) is 0 Å². The summed E-state index contributed by atoms with van der Waals surface area (Å²) in [5.41, 5.74) is 2.67. The Balaban J connectivity index is 1.79. The highest BCUT2D eigenvalue weighted by Gasteiger charge is 2.15. The number of aromatic nitrogens is 6. The maximum atomic E-state index is 14.0. The van der Waals surface area contributed by atoms with Crippen LogP contribution in [0.15, 0.2) is 24.5 Å². The Hall–Kier alpha value is -3.30. The Morgan fingerprint density at radius 1 is 1.28 bits per heavy atom. The number of urea groups is 1. The first-order valence-electron chi connectivity index (χ1n) is 7.64. The van der Waals surface area contributed by atoms with E-state index in [4.69, 9.17) is 0 Å². The first-order valence-corrected chi connectivity index (χ1v) is 7.64. The van der Waals surface area contributed by atoms with E-state index in [1.54, 1.807) is 11.6 Å². The van der Waals surface area contributed by atoms with Crippen molar-refractivity contribution in [1.29, 1.82) is 0 Å². The van der Waals surface area contributed by atoms with Crippen molar-refractivity contribution in [2.45, 2.75) is 27.3 Å². The van der Waals surface area contributed by atoms with E-state index in [9.17, 15) is 9.18 Å². The van der Waals surface area contributed by atoms with Crippen molar-refractivity contribution >= 4 is 17.4 Å². The summed E-state index contributed by atoms with van der Waals surface area (Å²) in [6, 6.07) is 3.63. The molecule has 3 aromatic rings. The molecule has 0 unspecified atom stereocenters. The van der Waals surface area contributed by atoms with Crippen LogP contribution in [0.3, 0.4) is 0 Å². The molecular weight excluding hydrogens is 327 g/mol. The van der Waals surface area contributed by atoms with Crippen molar-refractivity contribution in [3.05, 3.63) is 41.7 Å². The second-order valence-corrected chi connectivity index (χ2v) is 5.36. The Kier molecular flexibility index (Phi) is 4.42. The lowest BCUT2D eigenvalue weighted by Crippen LogP contribution is -2.21. The van der Waals surface area contributed by atoms with Gasteiger partial charge in [-0.3, -0.25) is 4.68 Å². The summed E-state index contributed by atoms with van der Waals surface area (Å²) in [4.78, 5) is 12.3. The second kappa shape index (κ2) is 6.67. The van der Waals surface area contributed by atoms with Crippen LogP contribution in [-0.4, -0.2) is 36.0 Å². The molecule has 25 heavy (non-hydrogen) atoms. The molecule has 0 aliphatic carbocycles. The van der Waals surface area contributed by atoms with E-state index in [-0.39, 0.29) is 5.69 Å². The molecule has 0 fully saturated rings. The lowest BCUT2D eigenvalue weighted by molar-refractivity contribution is 0.262. The van der Waals surface area contributed by atoms with Gasteiger partial charge in [0.1, 0.15) is 12.1 Å². The van der Waals surface area contributed by atoms with Crippen LogP contribution < -0.4 is 10.6 Å². The van der Waals surface area contributed by atoms with Gasteiger partial charge in [-0.2, -0.15) is 5.10 Å². The molecule has 1 aromatic carbocycles. The van der Waals surface area contributed by atoms with Crippen LogP contribution in [0.5, 0.6) is 0 Å². The number of nitrogens with zero attached hydrogens (tertiary/aromatic N) is 6. The van der Waals surface area contributed by atoms with Crippen molar-refractivity contribution in [3.8, 4) is 5.69 Å². The first-order chi connectivity index (χ1) is 12.0. The van der Waals surface area contributed by atoms with Gasteiger partial charge in [-0.25, -0.2) is 13.9 Å². The van der Waals surface area contributed by atoms with Gasteiger partial charge in [0, 0.05) is 6.54 Å². The number of benzene rings is 1. The molecule has 2 N–H and O–H groups in total. The maximum absolute atomic E-state index is 14.0. The third-order valence-electron chi connectivity index (χ3n) is 3.73. The molecule has 0 aliphatic heterocycles. The standard InChI is InChI=1S/C15H17FN8O/c1-4-23-10(3)14(9(2)20-23)19-15(25)18-13-7-11(5-6-12(13)16)24-8-17-21-22-24/h5-8H,4H2,1-3H3,(H2,18,19,25). The van der Waals surface area contributed by atoms with E-state index >= 15 is 0 Å². The van der Waals surface area contributed by atoms with E-state index in [0.29, 0.717) is 23.6 Å². The third-order valence-corrected chi connectivity index (χ3v) is 3.73. The molecule has 0 saturated heterocycles.